The molecule has 4 heteroatoms. The van der Waals surface area contributed by atoms with Crippen LogP contribution in [0.1, 0.15) is 39.0 Å². The predicted octanol–water partition coefficient (Wildman–Crippen LogP) is 2.76. The molecule has 1 rings (SSSR count). The zero-order valence-electron chi connectivity index (χ0n) is 11.9. The lowest BCUT2D eigenvalue weighted by molar-refractivity contribution is -0.00951. The fourth-order valence-corrected chi connectivity index (χ4v) is 1.51. The molecule has 18 heavy (non-hydrogen) atoms. The predicted molar refractivity (Wildman–Crippen MR) is 71.6 cm³/mol. The zero-order valence-corrected chi connectivity index (χ0v) is 11.9. The van der Waals surface area contributed by atoms with Crippen LogP contribution in [0.15, 0.2) is 22.8 Å². The van der Waals surface area contributed by atoms with Crippen molar-refractivity contribution in [2.24, 2.45) is 0 Å². The molecule has 0 saturated heterocycles. The summed E-state index contributed by atoms with van der Waals surface area (Å²) in [6.07, 6.45) is 2.59. The standard InChI is InChI=1S/C14H25NO3/c1-12(13-6-5-9-18-13)15-8-11-17-10-7-14(2,3)16-4/h5-6,9,12,15H,7-8,10-11H2,1-4H3. The van der Waals surface area contributed by atoms with Crippen molar-refractivity contribution < 1.29 is 13.9 Å². The van der Waals surface area contributed by atoms with Gasteiger partial charge in [-0.15, -0.1) is 0 Å². The van der Waals surface area contributed by atoms with Crippen molar-refractivity contribution in [1.29, 1.82) is 0 Å². The van der Waals surface area contributed by atoms with Crippen molar-refractivity contribution in [3.8, 4) is 0 Å². The largest absolute Gasteiger partial charge is 0.468 e. The van der Waals surface area contributed by atoms with E-state index < -0.39 is 0 Å². The summed E-state index contributed by atoms with van der Waals surface area (Å²) < 4.78 is 16.2. The van der Waals surface area contributed by atoms with Crippen LogP contribution in [0.5, 0.6) is 0 Å². The lowest BCUT2D eigenvalue weighted by atomic mass is 10.1. The van der Waals surface area contributed by atoms with E-state index in [1.54, 1.807) is 13.4 Å². The van der Waals surface area contributed by atoms with Gasteiger partial charge in [0.15, 0.2) is 0 Å². The lowest BCUT2D eigenvalue weighted by Crippen LogP contribution is -2.26. The number of rotatable bonds is 9. The SMILES string of the molecule is COC(C)(C)CCOCCNC(C)c1ccco1. The number of hydrogen-bond donors (Lipinski definition) is 1. The van der Waals surface area contributed by atoms with Crippen LogP contribution in [-0.2, 0) is 9.47 Å². The normalized spacial score (nSPS) is 13.8. The maximum Gasteiger partial charge on any atom is 0.120 e. The quantitative estimate of drug-likeness (QED) is 0.689. The topological polar surface area (TPSA) is 43.6 Å². The Morgan fingerprint density at radius 2 is 2.17 bits per heavy atom. The van der Waals surface area contributed by atoms with Gasteiger partial charge >= 0.3 is 0 Å². The highest BCUT2D eigenvalue weighted by atomic mass is 16.5. The minimum absolute atomic E-state index is 0.102. The first kappa shape index (κ1) is 15.2. The van der Waals surface area contributed by atoms with E-state index in [1.807, 2.05) is 12.1 Å². The molecule has 0 radical (unpaired) electrons. The van der Waals surface area contributed by atoms with Crippen LogP contribution in [0, 0.1) is 0 Å². The molecule has 1 heterocycles. The molecule has 0 aliphatic heterocycles. The molecule has 1 aromatic heterocycles. The Balaban J connectivity index is 2.02. The van der Waals surface area contributed by atoms with E-state index in [0.717, 1.165) is 25.3 Å². The number of furan rings is 1. The Bertz CT molecular complexity index is 309. The Morgan fingerprint density at radius 3 is 2.78 bits per heavy atom. The molecule has 0 aromatic carbocycles. The van der Waals surface area contributed by atoms with Crippen molar-refractivity contribution >= 4 is 0 Å². The molecular weight excluding hydrogens is 230 g/mol. The number of hydrogen-bond acceptors (Lipinski definition) is 4. The van der Waals surface area contributed by atoms with Gasteiger partial charge in [0, 0.05) is 20.3 Å². The van der Waals surface area contributed by atoms with E-state index in [0.29, 0.717) is 6.61 Å². The van der Waals surface area contributed by atoms with E-state index in [-0.39, 0.29) is 11.6 Å². The lowest BCUT2D eigenvalue weighted by Gasteiger charge is -2.22. The third-order valence-corrected chi connectivity index (χ3v) is 3.07. The zero-order chi connectivity index (χ0) is 13.4. The second-order valence-corrected chi connectivity index (χ2v) is 5.02. The van der Waals surface area contributed by atoms with Gasteiger partial charge in [-0.25, -0.2) is 0 Å². The van der Waals surface area contributed by atoms with Gasteiger partial charge in [0.05, 0.1) is 24.5 Å². The summed E-state index contributed by atoms with van der Waals surface area (Å²) in [5, 5.41) is 3.35. The fraction of sp³-hybridized carbons (Fsp3) is 0.714. The van der Waals surface area contributed by atoms with E-state index in [1.165, 1.54) is 0 Å². The molecule has 0 aliphatic carbocycles. The first-order valence-corrected chi connectivity index (χ1v) is 6.45. The minimum Gasteiger partial charge on any atom is -0.468 e. The first-order valence-electron chi connectivity index (χ1n) is 6.45. The van der Waals surface area contributed by atoms with Crippen molar-refractivity contribution in [3.63, 3.8) is 0 Å². The fourth-order valence-electron chi connectivity index (χ4n) is 1.51. The first-order chi connectivity index (χ1) is 8.55. The van der Waals surface area contributed by atoms with Gasteiger partial charge in [0.1, 0.15) is 5.76 Å². The van der Waals surface area contributed by atoms with Gasteiger partial charge in [-0.3, -0.25) is 0 Å². The molecule has 0 saturated carbocycles. The van der Waals surface area contributed by atoms with Crippen LogP contribution in [0.3, 0.4) is 0 Å². The van der Waals surface area contributed by atoms with Crippen LogP contribution in [0.2, 0.25) is 0 Å². The van der Waals surface area contributed by atoms with Crippen LogP contribution < -0.4 is 5.32 Å². The Morgan fingerprint density at radius 1 is 1.39 bits per heavy atom. The second-order valence-electron chi connectivity index (χ2n) is 5.02. The molecule has 0 amide bonds. The number of ether oxygens (including phenoxy) is 2. The highest BCUT2D eigenvalue weighted by Gasteiger charge is 2.15. The Labute approximate surface area is 110 Å². The summed E-state index contributed by atoms with van der Waals surface area (Å²) in [4.78, 5) is 0. The Kier molecular flexibility index (Phi) is 6.39. The summed E-state index contributed by atoms with van der Waals surface area (Å²) in [6, 6.07) is 4.09. The van der Waals surface area contributed by atoms with Crippen LogP contribution in [-0.4, -0.2) is 32.5 Å². The summed E-state index contributed by atoms with van der Waals surface area (Å²) in [5.74, 6) is 0.954. The highest BCUT2D eigenvalue weighted by molar-refractivity contribution is 5.02. The van der Waals surface area contributed by atoms with E-state index in [9.17, 15) is 0 Å². The average molecular weight is 255 g/mol. The summed E-state index contributed by atoms with van der Waals surface area (Å²) in [6.45, 7) is 8.44. The monoisotopic (exact) mass is 255 g/mol. The minimum atomic E-state index is -0.102. The van der Waals surface area contributed by atoms with Gasteiger partial charge in [0.25, 0.3) is 0 Å². The molecular formula is C14H25NO3. The molecule has 0 spiro atoms. The van der Waals surface area contributed by atoms with Gasteiger partial charge in [-0.2, -0.15) is 0 Å². The molecule has 1 N–H and O–H groups in total. The van der Waals surface area contributed by atoms with Gasteiger partial charge in [0.2, 0.25) is 0 Å². The van der Waals surface area contributed by atoms with Gasteiger partial charge in [-0.1, -0.05) is 0 Å². The molecule has 1 unspecified atom stereocenters. The number of methoxy groups -OCH3 is 1. The molecule has 4 nitrogen and oxygen atoms in total. The smallest absolute Gasteiger partial charge is 0.120 e. The summed E-state index contributed by atoms with van der Waals surface area (Å²) in [5.41, 5.74) is -0.102. The molecule has 1 aromatic rings. The molecule has 0 aliphatic rings. The average Bonchev–Trinajstić information content (AvgIpc) is 2.87. The molecule has 0 bridgehead atoms. The van der Waals surface area contributed by atoms with E-state index in [4.69, 9.17) is 13.9 Å². The van der Waals surface area contributed by atoms with E-state index in [2.05, 4.69) is 26.1 Å². The Hall–Kier alpha value is -0.840. The summed E-state index contributed by atoms with van der Waals surface area (Å²) >= 11 is 0. The van der Waals surface area contributed by atoms with Crippen LogP contribution in [0.4, 0.5) is 0 Å². The van der Waals surface area contributed by atoms with Crippen molar-refractivity contribution in [2.45, 2.75) is 38.8 Å². The molecule has 1 atom stereocenters. The van der Waals surface area contributed by atoms with Gasteiger partial charge in [-0.05, 0) is 39.3 Å². The number of nitrogens with one attached hydrogen (secondary N) is 1. The third kappa shape index (κ3) is 5.67. The third-order valence-electron chi connectivity index (χ3n) is 3.07. The second kappa shape index (κ2) is 7.56. The highest BCUT2D eigenvalue weighted by Crippen LogP contribution is 2.13. The molecule has 104 valence electrons. The van der Waals surface area contributed by atoms with Crippen LogP contribution >= 0.6 is 0 Å². The van der Waals surface area contributed by atoms with Gasteiger partial charge < -0.3 is 19.2 Å². The van der Waals surface area contributed by atoms with Crippen molar-refractivity contribution in [1.82, 2.24) is 5.32 Å². The van der Waals surface area contributed by atoms with E-state index >= 15 is 0 Å². The maximum absolute atomic E-state index is 5.57. The molecule has 0 fully saturated rings. The van der Waals surface area contributed by atoms with Crippen molar-refractivity contribution in [3.05, 3.63) is 24.2 Å². The summed E-state index contributed by atoms with van der Waals surface area (Å²) in [7, 11) is 1.73. The van der Waals surface area contributed by atoms with Crippen LogP contribution in [0.25, 0.3) is 0 Å². The van der Waals surface area contributed by atoms with Crippen molar-refractivity contribution in [2.75, 3.05) is 26.9 Å². The maximum atomic E-state index is 5.57.